The number of hydrogen-bond donors (Lipinski definition) is 0. The van der Waals surface area contributed by atoms with Crippen molar-refractivity contribution >= 4 is 129 Å². The van der Waals surface area contributed by atoms with Gasteiger partial charge in [-0.1, -0.05) is 140 Å². The molecule has 0 N–H and O–H groups in total. The molecule has 10 aromatic carbocycles. The molecule has 0 aliphatic carbocycles. The summed E-state index contributed by atoms with van der Waals surface area (Å²) in [6, 6.07) is 91.0. The molecule has 8 heteroatoms. The molecule has 0 unspecified atom stereocenters. The largest absolute Gasteiger partial charge is 0.468 e. The smallest absolute Gasteiger partial charge is 0.297 e. The molecule has 0 saturated heterocycles. The lowest BCUT2D eigenvalue weighted by atomic mass is 9.35. The summed E-state index contributed by atoms with van der Waals surface area (Å²) in [4.78, 5) is 9.29. The molecule has 14 rings (SSSR count). The summed E-state index contributed by atoms with van der Waals surface area (Å²) in [5.41, 5.74) is 18.6. The number of benzene rings is 10. The highest BCUT2D eigenvalue weighted by molar-refractivity contribution is 9.10. The second-order valence-corrected chi connectivity index (χ2v) is 18.6. The Bertz CT molecular complexity index is 3880. The van der Waals surface area contributed by atoms with Crippen LogP contribution in [-0.4, -0.2) is 6.71 Å². The molecule has 72 heavy (non-hydrogen) atoms. The van der Waals surface area contributed by atoms with Crippen LogP contribution in [0.15, 0.2) is 280 Å². The van der Waals surface area contributed by atoms with Crippen molar-refractivity contribution in [2.45, 2.75) is 0 Å². The average Bonchev–Trinajstić information content (AvgIpc) is 4.05. The van der Waals surface area contributed by atoms with Crippen LogP contribution in [0, 0.1) is 0 Å². The number of hydrogen-bond acceptors (Lipinski definition) is 6. The molecule has 0 atom stereocenters. The monoisotopic (exact) mass is 990 g/mol. The topological polar surface area (TPSA) is 39.2 Å². The lowest BCUT2D eigenvalue weighted by Gasteiger charge is -2.42. The molecule has 12 aromatic rings. The molecule has 2 aromatic heterocycles. The molecule has 4 heterocycles. The van der Waals surface area contributed by atoms with Crippen molar-refractivity contribution in [3.8, 4) is 0 Å². The van der Waals surface area contributed by atoms with Gasteiger partial charge in [0.1, 0.15) is 17.4 Å². The Morgan fingerprint density at radius 3 is 1.56 bits per heavy atom. The van der Waals surface area contributed by atoms with E-state index in [4.69, 9.17) is 8.83 Å². The summed E-state index contributed by atoms with van der Waals surface area (Å²) in [5.74, 6) is 0. The van der Waals surface area contributed by atoms with Gasteiger partial charge in [-0.2, -0.15) is 0 Å². The van der Waals surface area contributed by atoms with Crippen LogP contribution in [-0.2, 0) is 0 Å². The van der Waals surface area contributed by atoms with E-state index < -0.39 is 0 Å². The Morgan fingerprint density at radius 1 is 0.389 bits per heavy atom. The zero-order valence-electron chi connectivity index (χ0n) is 39.0. The Balaban J connectivity index is 0.000000140. The molecule has 6 nitrogen and oxygen atoms in total. The van der Waals surface area contributed by atoms with E-state index in [2.05, 4.69) is 260 Å². The number of nitrogens with zero attached hydrogens (tertiary/aromatic N) is 4. The van der Waals surface area contributed by atoms with Crippen LogP contribution in [0.3, 0.4) is 0 Å². The predicted octanol–water partition coefficient (Wildman–Crippen LogP) is 16.7. The van der Waals surface area contributed by atoms with Gasteiger partial charge in [-0.15, -0.1) is 0 Å². The lowest BCUT2D eigenvalue weighted by molar-refractivity contribution is 0.616. The highest BCUT2D eigenvalue weighted by Crippen LogP contribution is 2.47. The Labute approximate surface area is 427 Å². The van der Waals surface area contributed by atoms with Gasteiger partial charge >= 0.3 is 0 Å². The lowest BCUT2D eigenvalue weighted by Crippen LogP contribution is -2.60. The minimum atomic E-state index is 0.00900. The van der Waals surface area contributed by atoms with Gasteiger partial charge in [0, 0.05) is 66.4 Å². The van der Waals surface area contributed by atoms with Crippen molar-refractivity contribution in [1.29, 1.82) is 0 Å². The minimum absolute atomic E-state index is 0.00900. The van der Waals surface area contributed by atoms with Crippen molar-refractivity contribution in [3.63, 3.8) is 0 Å². The standard InChI is InChI=1S/C32H21BN2O.C32H23BrN2O/c1-3-12-22(13-4-1)34-26-18-9-8-17-25(26)33-30-27(34)19-11-20-28(30)35(23-14-5-2-6-15-23)31-24-16-7-10-21-29(24)36-32(31)33;33-29-19-8-9-20-30(29)34(24-12-3-1-4-13-24)26-16-11-17-27(22-26)35(25-14-5-2-6-15-25)31-23-36-32-21-10-7-18-28(31)32/h1-21H;1-23H. The molecule has 0 spiro atoms. The van der Waals surface area contributed by atoms with E-state index in [1.165, 1.54) is 28.0 Å². The summed E-state index contributed by atoms with van der Waals surface area (Å²) in [6.07, 6.45) is 1.84. The highest BCUT2D eigenvalue weighted by atomic mass is 79.9. The summed E-state index contributed by atoms with van der Waals surface area (Å²) in [5, 5.41) is 2.20. The first-order chi connectivity index (χ1) is 35.7. The number of fused-ring (bicyclic) bond motifs is 7. The Kier molecular flexibility index (Phi) is 11.0. The third-order valence-corrected chi connectivity index (χ3v) is 14.3. The summed E-state index contributed by atoms with van der Waals surface area (Å²) in [6.45, 7) is 0.00900. The van der Waals surface area contributed by atoms with Gasteiger partial charge in [-0.3, -0.25) is 0 Å². The summed E-state index contributed by atoms with van der Waals surface area (Å²) >= 11 is 3.77. The Hall–Kier alpha value is -8.98. The zero-order chi connectivity index (χ0) is 48.0. The molecule has 2 aliphatic rings. The molecule has 0 radical (unpaired) electrons. The number of para-hydroxylation sites is 8. The maximum absolute atomic E-state index is 6.73. The van der Waals surface area contributed by atoms with Gasteiger partial charge in [0.2, 0.25) is 0 Å². The molecule has 0 amide bonds. The van der Waals surface area contributed by atoms with E-state index in [9.17, 15) is 0 Å². The van der Waals surface area contributed by atoms with Crippen LogP contribution in [0.4, 0.5) is 68.2 Å². The molecule has 0 saturated carbocycles. The number of furan rings is 2. The first-order valence-electron chi connectivity index (χ1n) is 24.1. The van der Waals surface area contributed by atoms with Gasteiger partial charge in [0.15, 0.2) is 0 Å². The van der Waals surface area contributed by atoms with Crippen molar-refractivity contribution in [2.24, 2.45) is 0 Å². The minimum Gasteiger partial charge on any atom is -0.468 e. The van der Waals surface area contributed by atoms with Crippen molar-refractivity contribution < 1.29 is 8.83 Å². The van der Waals surface area contributed by atoms with E-state index in [0.717, 1.165) is 83.3 Å². The molecule has 2 aliphatic heterocycles. The normalized spacial score (nSPS) is 12.2. The van der Waals surface area contributed by atoms with E-state index in [1.54, 1.807) is 0 Å². The number of halogens is 1. The van der Waals surface area contributed by atoms with Crippen LogP contribution in [0.1, 0.15) is 0 Å². The van der Waals surface area contributed by atoms with E-state index >= 15 is 0 Å². The van der Waals surface area contributed by atoms with Crippen molar-refractivity contribution in [3.05, 3.63) is 272 Å². The van der Waals surface area contributed by atoms with Gasteiger partial charge in [0.25, 0.3) is 6.71 Å². The fourth-order valence-electron chi connectivity index (χ4n) is 10.6. The second kappa shape index (κ2) is 18.4. The third kappa shape index (κ3) is 7.43. The predicted molar refractivity (Wildman–Crippen MR) is 304 cm³/mol. The van der Waals surface area contributed by atoms with Gasteiger partial charge in [-0.05, 0) is 148 Å². The molecule has 0 bridgehead atoms. The van der Waals surface area contributed by atoms with E-state index in [1.807, 2.05) is 42.7 Å². The molecule has 342 valence electrons. The number of rotatable bonds is 8. The van der Waals surface area contributed by atoms with Gasteiger partial charge in [-0.25, -0.2) is 0 Å². The fourth-order valence-corrected chi connectivity index (χ4v) is 11.0. The molecular weight excluding hydrogens is 947 g/mol. The van der Waals surface area contributed by atoms with Crippen LogP contribution in [0.5, 0.6) is 0 Å². The van der Waals surface area contributed by atoms with E-state index in [-0.39, 0.29) is 6.71 Å². The summed E-state index contributed by atoms with van der Waals surface area (Å²) < 4.78 is 13.7. The van der Waals surface area contributed by atoms with Crippen molar-refractivity contribution in [1.82, 2.24) is 0 Å². The maximum Gasteiger partial charge on any atom is 0.297 e. The van der Waals surface area contributed by atoms with Crippen LogP contribution >= 0.6 is 15.9 Å². The van der Waals surface area contributed by atoms with Crippen molar-refractivity contribution in [2.75, 3.05) is 19.6 Å². The van der Waals surface area contributed by atoms with Crippen LogP contribution < -0.4 is 36.2 Å². The third-order valence-electron chi connectivity index (χ3n) is 13.6. The summed E-state index contributed by atoms with van der Waals surface area (Å²) in [7, 11) is 0. The Morgan fingerprint density at radius 2 is 0.875 bits per heavy atom. The number of anilines is 12. The maximum atomic E-state index is 6.73. The first-order valence-corrected chi connectivity index (χ1v) is 24.9. The van der Waals surface area contributed by atoms with Crippen LogP contribution in [0.25, 0.3) is 21.9 Å². The highest BCUT2D eigenvalue weighted by Gasteiger charge is 2.46. The first kappa shape index (κ1) is 43.1. The average molecular weight is 992 g/mol. The molecular formula is C64H44BBrN4O2. The zero-order valence-corrected chi connectivity index (χ0v) is 40.6. The van der Waals surface area contributed by atoms with E-state index in [0.29, 0.717) is 0 Å². The molecule has 0 fully saturated rings. The SMILES string of the molecule is Brc1ccccc1N(c1ccccc1)c1cccc(N(c2ccccc2)c2coc3ccccc23)c1.c1ccc(N2c3ccccc3B3c4oc5ccccc5c4N(c4ccccc4)c4cccc2c43)cc1. The van der Waals surface area contributed by atoms with Gasteiger partial charge in [0.05, 0.1) is 22.7 Å². The fraction of sp³-hybridized carbons (Fsp3) is 0. The second-order valence-electron chi connectivity index (χ2n) is 17.8. The quantitative estimate of drug-likeness (QED) is 0.141. The van der Waals surface area contributed by atoms with Gasteiger partial charge < -0.3 is 28.4 Å². The van der Waals surface area contributed by atoms with Crippen LogP contribution in [0.2, 0.25) is 0 Å².